The summed E-state index contributed by atoms with van der Waals surface area (Å²) < 4.78 is 33.1. The molecular formula is C21H21ClN4O4S. The second-order valence-electron chi connectivity index (χ2n) is 7.26. The molecule has 1 saturated heterocycles. The Hall–Kier alpha value is -2.75. The van der Waals surface area contributed by atoms with Crippen LogP contribution >= 0.6 is 11.6 Å². The minimum Gasteiger partial charge on any atom is -0.355 e. The number of sulfonamides is 1. The third-order valence-corrected chi connectivity index (χ3v) is 7.31. The maximum absolute atomic E-state index is 13.5. The lowest BCUT2D eigenvalue weighted by atomic mass is 10.1. The van der Waals surface area contributed by atoms with E-state index in [4.69, 9.17) is 16.1 Å². The van der Waals surface area contributed by atoms with Crippen molar-refractivity contribution < 1.29 is 17.7 Å². The summed E-state index contributed by atoms with van der Waals surface area (Å²) in [5.74, 6) is 0.166. The Balaban J connectivity index is 1.68. The van der Waals surface area contributed by atoms with Crippen molar-refractivity contribution >= 4 is 27.5 Å². The average Bonchev–Trinajstić information content (AvgIpc) is 3.22. The number of amides is 1. The van der Waals surface area contributed by atoms with Gasteiger partial charge in [0.05, 0.1) is 4.90 Å². The molecule has 8 nitrogen and oxygen atoms in total. The molecule has 1 aliphatic heterocycles. The van der Waals surface area contributed by atoms with Crippen LogP contribution in [0.1, 0.15) is 24.8 Å². The van der Waals surface area contributed by atoms with Gasteiger partial charge in [0, 0.05) is 23.7 Å². The fraction of sp³-hybridized carbons (Fsp3) is 0.286. The summed E-state index contributed by atoms with van der Waals surface area (Å²) >= 11 is 5.93. The van der Waals surface area contributed by atoms with Crippen LogP contribution in [-0.4, -0.2) is 41.4 Å². The number of hydrogen-bond acceptors (Lipinski definition) is 6. The van der Waals surface area contributed by atoms with Crippen molar-refractivity contribution in [1.82, 2.24) is 19.8 Å². The summed E-state index contributed by atoms with van der Waals surface area (Å²) in [5, 5.41) is 7.07. The van der Waals surface area contributed by atoms with Crippen molar-refractivity contribution in [1.29, 1.82) is 0 Å². The van der Waals surface area contributed by atoms with Crippen molar-refractivity contribution in [2.24, 2.45) is 0 Å². The van der Waals surface area contributed by atoms with E-state index in [2.05, 4.69) is 15.5 Å². The number of halogens is 1. The second-order valence-corrected chi connectivity index (χ2v) is 9.59. The first-order chi connectivity index (χ1) is 14.9. The van der Waals surface area contributed by atoms with E-state index in [9.17, 15) is 13.2 Å². The standard InChI is InChI=1S/C21H21ClN4O4S/c22-17-8-10-18(11-9-17)31(28,29)26(19-3-1-2-12-23-21(19)27)13-15-4-6-16(7-5-15)20-24-14-30-25-20/h4-11,14,19H,1-3,12-13H2,(H,23,27)/t19-/m1/s1. The number of nitrogens with one attached hydrogen (secondary N) is 1. The van der Waals surface area contributed by atoms with Gasteiger partial charge in [-0.1, -0.05) is 41.0 Å². The fourth-order valence-corrected chi connectivity index (χ4v) is 5.27. The monoisotopic (exact) mass is 460 g/mol. The third-order valence-electron chi connectivity index (χ3n) is 5.19. The smallest absolute Gasteiger partial charge is 0.244 e. The van der Waals surface area contributed by atoms with Gasteiger partial charge >= 0.3 is 0 Å². The molecule has 2 heterocycles. The van der Waals surface area contributed by atoms with Crippen molar-refractivity contribution in [3.63, 3.8) is 0 Å². The minimum atomic E-state index is -3.94. The van der Waals surface area contributed by atoms with Gasteiger partial charge in [-0.15, -0.1) is 0 Å². The molecule has 1 fully saturated rings. The van der Waals surface area contributed by atoms with E-state index in [1.807, 2.05) is 0 Å². The Morgan fingerprint density at radius 3 is 2.52 bits per heavy atom. The molecule has 0 spiro atoms. The van der Waals surface area contributed by atoms with E-state index >= 15 is 0 Å². The predicted molar refractivity (Wildman–Crippen MR) is 115 cm³/mol. The molecule has 0 radical (unpaired) electrons. The molecule has 1 atom stereocenters. The lowest BCUT2D eigenvalue weighted by Crippen LogP contribution is -2.48. The highest BCUT2D eigenvalue weighted by atomic mass is 35.5. The molecule has 1 aliphatic rings. The van der Waals surface area contributed by atoms with E-state index < -0.39 is 16.1 Å². The Morgan fingerprint density at radius 1 is 1.10 bits per heavy atom. The summed E-state index contributed by atoms with van der Waals surface area (Å²) in [6.45, 7) is 0.596. The van der Waals surface area contributed by atoms with Gasteiger partial charge < -0.3 is 9.84 Å². The highest BCUT2D eigenvalue weighted by molar-refractivity contribution is 7.89. The number of carbonyl (C=O) groups is 1. The van der Waals surface area contributed by atoms with Crippen molar-refractivity contribution in [2.45, 2.75) is 36.7 Å². The van der Waals surface area contributed by atoms with E-state index in [0.29, 0.717) is 23.8 Å². The Kier molecular flexibility index (Phi) is 6.35. The van der Waals surface area contributed by atoms with E-state index in [1.165, 1.54) is 35.0 Å². The van der Waals surface area contributed by atoms with Crippen LogP contribution < -0.4 is 5.32 Å². The predicted octanol–water partition coefficient (Wildman–Crippen LogP) is 3.25. The molecule has 2 aromatic carbocycles. The van der Waals surface area contributed by atoms with Crippen molar-refractivity contribution in [3.05, 3.63) is 65.5 Å². The van der Waals surface area contributed by atoms with Crippen LogP contribution in [0.25, 0.3) is 11.4 Å². The van der Waals surface area contributed by atoms with Crippen LogP contribution in [0.2, 0.25) is 5.02 Å². The summed E-state index contributed by atoms with van der Waals surface area (Å²) in [6.07, 6.45) is 3.28. The van der Waals surface area contributed by atoms with E-state index in [0.717, 1.165) is 24.0 Å². The fourth-order valence-electron chi connectivity index (χ4n) is 3.54. The van der Waals surface area contributed by atoms with Crippen molar-refractivity contribution in [3.8, 4) is 11.4 Å². The zero-order valence-corrected chi connectivity index (χ0v) is 18.1. The zero-order valence-electron chi connectivity index (χ0n) is 16.6. The summed E-state index contributed by atoms with van der Waals surface area (Å²) in [4.78, 5) is 16.8. The van der Waals surface area contributed by atoms with Crippen LogP contribution in [-0.2, 0) is 21.4 Å². The summed E-state index contributed by atoms with van der Waals surface area (Å²) in [5.41, 5.74) is 1.48. The first-order valence-corrected chi connectivity index (χ1v) is 11.7. The van der Waals surface area contributed by atoms with Gasteiger partial charge in [0.2, 0.25) is 28.1 Å². The molecule has 4 rings (SSSR count). The highest BCUT2D eigenvalue weighted by Crippen LogP contribution is 2.26. The average molecular weight is 461 g/mol. The quantitative estimate of drug-likeness (QED) is 0.605. The number of rotatable bonds is 6. The SMILES string of the molecule is O=C1NCCCC[C@H]1N(Cc1ccc(-c2ncon2)cc1)S(=O)(=O)c1ccc(Cl)cc1. The molecule has 1 aromatic heterocycles. The van der Waals surface area contributed by atoms with Crippen LogP contribution in [0.3, 0.4) is 0 Å². The topological polar surface area (TPSA) is 105 Å². The van der Waals surface area contributed by atoms with Gasteiger partial charge in [0.1, 0.15) is 6.04 Å². The zero-order chi connectivity index (χ0) is 21.8. The maximum Gasteiger partial charge on any atom is 0.244 e. The van der Waals surface area contributed by atoms with Gasteiger partial charge in [0.25, 0.3) is 0 Å². The lowest BCUT2D eigenvalue weighted by Gasteiger charge is -2.29. The van der Waals surface area contributed by atoms with Crippen LogP contribution in [0.5, 0.6) is 0 Å². The van der Waals surface area contributed by atoms with Crippen LogP contribution in [0.15, 0.2) is 64.3 Å². The maximum atomic E-state index is 13.5. The first-order valence-electron chi connectivity index (χ1n) is 9.86. The van der Waals surface area contributed by atoms with E-state index in [1.54, 1.807) is 24.3 Å². The second kappa shape index (κ2) is 9.17. The molecule has 31 heavy (non-hydrogen) atoms. The van der Waals surface area contributed by atoms with Gasteiger partial charge in [-0.2, -0.15) is 9.29 Å². The lowest BCUT2D eigenvalue weighted by molar-refractivity contribution is -0.124. The molecule has 0 aliphatic carbocycles. The van der Waals surface area contributed by atoms with Gasteiger partial charge in [-0.25, -0.2) is 8.42 Å². The molecule has 162 valence electrons. The normalized spacial score (nSPS) is 17.4. The number of nitrogens with zero attached hydrogens (tertiary/aromatic N) is 3. The largest absolute Gasteiger partial charge is 0.355 e. The van der Waals surface area contributed by atoms with Crippen molar-refractivity contribution in [2.75, 3.05) is 6.54 Å². The van der Waals surface area contributed by atoms with Gasteiger partial charge in [0.15, 0.2) is 0 Å². The molecule has 1 N–H and O–H groups in total. The summed E-state index contributed by atoms with van der Waals surface area (Å²) in [6, 6.07) is 12.4. The molecule has 3 aromatic rings. The van der Waals surface area contributed by atoms with E-state index in [-0.39, 0.29) is 17.3 Å². The van der Waals surface area contributed by atoms with Gasteiger partial charge in [-0.3, -0.25) is 4.79 Å². The Bertz CT molecular complexity index is 1130. The number of hydrogen-bond donors (Lipinski definition) is 1. The molecule has 1 amide bonds. The molecule has 10 heteroatoms. The number of benzene rings is 2. The molecule has 0 saturated carbocycles. The molecule has 0 bridgehead atoms. The Labute approximate surface area is 185 Å². The van der Waals surface area contributed by atoms with Crippen LogP contribution in [0.4, 0.5) is 0 Å². The van der Waals surface area contributed by atoms with Crippen LogP contribution in [0, 0.1) is 0 Å². The highest BCUT2D eigenvalue weighted by Gasteiger charge is 2.36. The molecular weight excluding hydrogens is 440 g/mol. The third kappa shape index (κ3) is 4.79. The number of carbonyl (C=O) groups excluding carboxylic acids is 1. The Morgan fingerprint density at radius 2 is 1.84 bits per heavy atom. The first kappa shape index (κ1) is 21.5. The minimum absolute atomic E-state index is 0.0512. The summed E-state index contributed by atoms with van der Waals surface area (Å²) in [7, 11) is -3.94. The molecule has 0 unspecified atom stereocenters. The van der Waals surface area contributed by atoms with Gasteiger partial charge in [-0.05, 0) is 49.1 Å². The number of aromatic nitrogens is 2.